The number of fused-ring (bicyclic) bond motifs is 5. The van der Waals surface area contributed by atoms with Crippen LogP contribution in [0.15, 0.2) is 11.1 Å². The number of ether oxygens (including phenoxy) is 2. The summed E-state index contributed by atoms with van der Waals surface area (Å²) in [5.74, 6) is 0.947. The molecule has 0 amide bonds. The zero-order valence-electron chi connectivity index (χ0n) is 24.7. The first-order valence-corrected chi connectivity index (χ1v) is 14.8. The van der Waals surface area contributed by atoms with E-state index >= 15 is 0 Å². The van der Waals surface area contributed by atoms with E-state index in [1.54, 1.807) is 0 Å². The monoisotopic (exact) mass is 514 g/mol. The summed E-state index contributed by atoms with van der Waals surface area (Å²) in [5, 5.41) is 11.9. The summed E-state index contributed by atoms with van der Waals surface area (Å²) < 4.78 is 11.7. The molecule has 0 bridgehead atoms. The molecule has 5 aliphatic rings. The molecule has 1 aliphatic heterocycles. The van der Waals surface area contributed by atoms with Gasteiger partial charge in [-0.2, -0.15) is 0 Å². The van der Waals surface area contributed by atoms with Crippen LogP contribution in [0.1, 0.15) is 114 Å². The van der Waals surface area contributed by atoms with Gasteiger partial charge in [0, 0.05) is 18.8 Å². The minimum absolute atomic E-state index is 0.0000676. The molecule has 5 nitrogen and oxygen atoms in total. The minimum Gasteiger partial charge on any atom is -0.460 e. The molecular weight excluding hydrogens is 464 g/mol. The van der Waals surface area contributed by atoms with Crippen molar-refractivity contribution in [2.45, 2.75) is 138 Å². The number of aliphatic hydroxyl groups is 1. The molecule has 0 aromatic carbocycles. The number of Topliss-reactive ketones (excluding diaryl/α,β-unsaturated/α-hetero) is 1. The highest BCUT2D eigenvalue weighted by molar-refractivity contribution is 5.85. The van der Waals surface area contributed by atoms with Gasteiger partial charge in [-0.15, -0.1) is 0 Å². The Morgan fingerprint density at radius 1 is 1.08 bits per heavy atom. The quantitative estimate of drug-likeness (QED) is 0.261. The number of ketones is 1. The molecule has 3 saturated carbocycles. The van der Waals surface area contributed by atoms with Crippen LogP contribution in [0.4, 0.5) is 0 Å². The third-order valence-corrected chi connectivity index (χ3v) is 12.5. The lowest BCUT2D eigenvalue weighted by Crippen LogP contribution is -2.65. The molecule has 0 aromatic heterocycles. The molecule has 1 heterocycles. The van der Waals surface area contributed by atoms with Crippen molar-refractivity contribution in [3.8, 4) is 0 Å². The standard InChI is InChI=1S/C32H50O5/c1-18(16-23(36-19(2)33)27-29(5,6)37-27)20-10-14-31(8)21(20)17-22(34)26-30(7)13-12-25(35)28(3,4)24(30)11-15-32(26,31)9/h18,22-24,26-27,34H,10-17H2,1-9H3/t18-,22-,23-,24+,26-,27-,30-,31+,32+/m1/s1. The second kappa shape index (κ2) is 8.40. The van der Waals surface area contributed by atoms with Gasteiger partial charge in [0.05, 0.1) is 11.7 Å². The zero-order chi connectivity index (χ0) is 27.3. The SMILES string of the molecule is CC(=O)O[C@H](C[C@@H](C)C1=C2C[C@@H](O)[C@@H]3[C@]4(C)CCC(=O)C(C)(C)[C@@H]4CC[C@]3(C)[C@@]2(C)CC1)[C@H]1OC1(C)C. The Bertz CT molecular complexity index is 1020. The summed E-state index contributed by atoms with van der Waals surface area (Å²) in [5.41, 5.74) is 2.41. The molecule has 4 fully saturated rings. The Hall–Kier alpha value is -1.20. The Morgan fingerprint density at radius 3 is 2.32 bits per heavy atom. The molecule has 0 spiro atoms. The van der Waals surface area contributed by atoms with E-state index in [1.165, 1.54) is 18.1 Å². The summed E-state index contributed by atoms with van der Waals surface area (Å²) in [4.78, 5) is 24.8. The Balaban J connectivity index is 1.46. The predicted octanol–water partition coefficient (Wildman–Crippen LogP) is 6.41. The Kier molecular flexibility index (Phi) is 6.21. The fourth-order valence-corrected chi connectivity index (χ4v) is 10.4. The van der Waals surface area contributed by atoms with Crippen LogP contribution in [-0.2, 0) is 19.1 Å². The van der Waals surface area contributed by atoms with Crippen molar-refractivity contribution in [2.75, 3.05) is 0 Å². The van der Waals surface area contributed by atoms with Crippen molar-refractivity contribution in [1.29, 1.82) is 0 Å². The second-order valence-corrected chi connectivity index (χ2v) is 15.2. The van der Waals surface area contributed by atoms with Crippen LogP contribution >= 0.6 is 0 Å². The Labute approximate surface area is 224 Å². The summed E-state index contributed by atoms with van der Waals surface area (Å²) in [7, 11) is 0. The number of carbonyl (C=O) groups excluding carboxylic acids is 2. The molecule has 1 N–H and O–H groups in total. The fourth-order valence-electron chi connectivity index (χ4n) is 10.4. The van der Waals surface area contributed by atoms with Crippen molar-refractivity contribution in [3.05, 3.63) is 11.1 Å². The van der Waals surface area contributed by atoms with E-state index in [2.05, 4.69) is 55.4 Å². The molecule has 5 rings (SSSR count). The van der Waals surface area contributed by atoms with Gasteiger partial charge in [-0.25, -0.2) is 0 Å². The van der Waals surface area contributed by atoms with E-state index in [0.717, 1.165) is 44.9 Å². The lowest BCUT2D eigenvalue weighted by molar-refractivity contribution is -0.208. The van der Waals surface area contributed by atoms with Gasteiger partial charge in [0.1, 0.15) is 18.0 Å². The van der Waals surface area contributed by atoms with Gasteiger partial charge in [-0.3, -0.25) is 9.59 Å². The molecule has 37 heavy (non-hydrogen) atoms. The molecule has 4 aliphatic carbocycles. The maximum atomic E-state index is 12.9. The van der Waals surface area contributed by atoms with Crippen molar-refractivity contribution < 1.29 is 24.2 Å². The minimum atomic E-state index is -0.389. The highest BCUT2D eigenvalue weighted by atomic mass is 16.6. The van der Waals surface area contributed by atoms with E-state index in [9.17, 15) is 14.7 Å². The highest BCUT2D eigenvalue weighted by Crippen LogP contribution is 2.74. The van der Waals surface area contributed by atoms with Crippen LogP contribution in [0.5, 0.6) is 0 Å². The van der Waals surface area contributed by atoms with E-state index < -0.39 is 0 Å². The van der Waals surface area contributed by atoms with Gasteiger partial charge in [0.25, 0.3) is 0 Å². The summed E-state index contributed by atoms with van der Waals surface area (Å²) >= 11 is 0. The van der Waals surface area contributed by atoms with E-state index in [1.807, 2.05) is 0 Å². The first-order valence-electron chi connectivity index (χ1n) is 14.8. The van der Waals surface area contributed by atoms with E-state index in [0.29, 0.717) is 18.1 Å². The number of allylic oxidation sites excluding steroid dienone is 1. The zero-order valence-corrected chi connectivity index (χ0v) is 24.7. The molecule has 0 aromatic rings. The summed E-state index contributed by atoms with van der Waals surface area (Å²) in [6.45, 7) is 19.5. The second-order valence-electron chi connectivity index (χ2n) is 15.2. The Morgan fingerprint density at radius 2 is 1.73 bits per heavy atom. The van der Waals surface area contributed by atoms with Gasteiger partial charge in [0.15, 0.2) is 0 Å². The number of epoxide rings is 1. The third-order valence-electron chi connectivity index (χ3n) is 12.5. The molecule has 0 unspecified atom stereocenters. The fraction of sp³-hybridized carbons (Fsp3) is 0.875. The van der Waals surface area contributed by atoms with Crippen molar-refractivity contribution in [3.63, 3.8) is 0 Å². The van der Waals surface area contributed by atoms with Crippen LogP contribution in [-0.4, -0.2) is 40.8 Å². The van der Waals surface area contributed by atoms with Gasteiger partial charge in [0.2, 0.25) is 0 Å². The smallest absolute Gasteiger partial charge is 0.302 e. The van der Waals surface area contributed by atoms with Gasteiger partial charge < -0.3 is 14.6 Å². The number of aliphatic hydroxyl groups excluding tert-OH is 1. The van der Waals surface area contributed by atoms with Crippen molar-refractivity contribution in [2.24, 2.45) is 39.4 Å². The topological polar surface area (TPSA) is 76.1 Å². The van der Waals surface area contributed by atoms with Gasteiger partial charge in [-0.1, -0.05) is 52.7 Å². The number of esters is 1. The van der Waals surface area contributed by atoms with Crippen LogP contribution in [0, 0.1) is 39.4 Å². The van der Waals surface area contributed by atoms with Crippen LogP contribution < -0.4 is 0 Å². The largest absolute Gasteiger partial charge is 0.460 e. The highest BCUT2D eigenvalue weighted by Gasteiger charge is 2.69. The van der Waals surface area contributed by atoms with Gasteiger partial charge >= 0.3 is 5.97 Å². The van der Waals surface area contributed by atoms with Crippen LogP contribution in [0.25, 0.3) is 0 Å². The average Bonchev–Trinajstić information content (AvgIpc) is 3.27. The normalized spacial score (nSPS) is 45.4. The van der Waals surface area contributed by atoms with Gasteiger partial charge in [-0.05, 0) is 92.8 Å². The van der Waals surface area contributed by atoms with E-state index in [-0.39, 0.29) is 63.4 Å². The molecule has 208 valence electrons. The van der Waals surface area contributed by atoms with Crippen LogP contribution in [0.2, 0.25) is 0 Å². The molecule has 5 heteroatoms. The van der Waals surface area contributed by atoms with E-state index in [4.69, 9.17) is 9.47 Å². The molecule has 1 saturated heterocycles. The number of carbonyl (C=O) groups is 2. The number of hydrogen-bond acceptors (Lipinski definition) is 5. The molecular formula is C32H50O5. The average molecular weight is 515 g/mol. The maximum Gasteiger partial charge on any atom is 0.302 e. The molecule has 0 radical (unpaired) electrons. The first kappa shape index (κ1) is 27.4. The molecule has 9 atom stereocenters. The van der Waals surface area contributed by atoms with Crippen molar-refractivity contribution in [1.82, 2.24) is 0 Å². The first-order chi connectivity index (χ1) is 17.0. The number of rotatable bonds is 5. The van der Waals surface area contributed by atoms with Crippen LogP contribution in [0.3, 0.4) is 0 Å². The number of hydrogen-bond donors (Lipinski definition) is 1. The summed E-state index contributed by atoms with van der Waals surface area (Å²) in [6, 6.07) is 0. The van der Waals surface area contributed by atoms with Crippen molar-refractivity contribution >= 4 is 11.8 Å². The lowest BCUT2D eigenvalue weighted by Gasteiger charge is -2.69. The lowest BCUT2D eigenvalue weighted by atomic mass is 9.36. The third kappa shape index (κ3) is 3.84. The predicted molar refractivity (Wildman–Crippen MR) is 144 cm³/mol. The summed E-state index contributed by atoms with van der Waals surface area (Å²) in [6.07, 6.45) is 6.64. The maximum absolute atomic E-state index is 12.9.